The molecule has 1 aromatic carbocycles. The first-order chi connectivity index (χ1) is 10.2. The molecule has 1 aliphatic rings. The third-order valence-corrected chi connectivity index (χ3v) is 3.62. The zero-order chi connectivity index (χ0) is 15.1. The molecule has 4 nitrogen and oxygen atoms in total. The van der Waals surface area contributed by atoms with Crippen LogP contribution in [0.5, 0.6) is 0 Å². The van der Waals surface area contributed by atoms with E-state index in [1.165, 1.54) is 0 Å². The maximum atomic E-state index is 12.4. The summed E-state index contributed by atoms with van der Waals surface area (Å²) in [6.07, 6.45) is 3.95. The lowest BCUT2D eigenvalue weighted by molar-refractivity contribution is 0.0303. The molecule has 1 fully saturated rings. The van der Waals surface area contributed by atoms with Crippen LogP contribution in [0.25, 0.3) is 0 Å². The molecule has 0 radical (unpaired) electrons. The summed E-state index contributed by atoms with van der Waals surface area (Å²) in [5.74, 6) is 0.0840. The Morgan fingerprint density at radius 1 is 1.48 bits per heavy atom. The smallest absolute Gasteiger partial charge is 0.254 e. The summed E-state index contributed by atoms with van der Waals surface area (Å²) >= 11 is 0. The summed E-state index contributed by atoms with van der Waals surface area (Å²) in [6.45, 7) is 8.48. The Bertz CT molecular complexity index is 481. The van der Waals surface area contributed by atoms with Gasteiger partial charge in [-0.05, 0) is 38.0 Å². The summed E-state index contributed by atoms with van der Waals surface area (Å²) in [4.78, 5) is 14.3. The molecule has 0 spiro atoms. The number of nitrogens with zero attached hydrogens (tertiary/aromatic N) is 1. The highest BCUT2D eigenvalue weighted by Crippen LogP contribution is 2.15. The summed E-state index contributed by atoms with van der Waals surface area (Å²) < 4.78 is 5.29. The van der Waals surface area contributed by atoms with Crippen LogP contribution in [0, 0.1) is 0 Å². The van der Waals surface area contributed by atoms with Gasteiger partial charge in [-0.2, -0.15) is 0 Å². The van der Waals surface area contributed by atoms with Gasteiger partial charge >= 0.3 is 0 Å². The molecule has 0 bridgehead atoms. The Kier molecular flexibility index (Phi) is 5.81. The normalized spacial score (nSPS) is 16.3. The van der Waals surface area contributed by atoms with Gasteiger partial charge in [-0.3, -0.25) is 4.79 Å². The van der Waals surface area contributed by atoms with Crippen LogP contribution in [0.1, 0.15) is 30.1 Å². The molecule has 1 amide bonds. The molecule has 1 N–H and O–H groups in total. The quantitative estimate of drug-likeness (QED) is 0.818. The number of hydrogen-bond donors (Lipinski definition) is 1. The fourth-order valence-electron chi connectivity index (χ4n) is 2.42. The van der Waals surface area contributed by atoms with Crippen LogP contribution < -0.4 is 5.32 Å². The van der Waals surface area contributed by atoms with Crippen LogP contribution in [0.2, 0.25) is 0 Å². The van der Waals surface area contributed by atoms with Crippen molar-refractivity contribution < 1.29 is 9.53 Å². The van der Waals surface area contributed by atoms with Gasteiger partial charge in [0.05, 0.1) is 13.2 Å². The summed E-state index contributed by atoms with van der Waals surface area (Å²) in [5, 5.41) is 3.43. The molecule has 114 valence electrons. The van der Waals surface area contributed by atoms with Crippen molar-refractivity contribution in [3.8, 4) is 0 Å². The number of morpholine rings is 1. The van der Waals surface area contributed by atoms with Gasteiger partial charge in [-0.15, -0.1) is 6.58 Å². The second kappa shape index (κ2) is 7.84. The second-order valence-corrected chi connectivity index (χ2v) is 5.40. The summed E-state index contributed by atoms with van der Waals surface area (Å²) in [6, 6.07) is 8.09. The molecule has 4 heteroatoms. The average Bonchev–Trinajstić information content (AvgIpc) is 2.53. The second-order valence-electron chi connectivity index (χ2n) is 5.40. The van der Waals surface area contributed by atoms with Crippen molar-refractivity contribution in [2.45, 2.75) is 25.8 Å². The van der Waals surface area contributed by atoms with Crippen LogP contribution in [0.3, 0.4) is 0 Å². The maximum Gasteiger partial charge on any atom is 0.254 e. The molecule has 2 rings (SSSR count). The lowest BCUT2D eigenvalue weighted by Crippen LogP contribution is -2.40. The van der Waals surface area contributed by atoms with E-state index in [4.69, 9.17) is 4.74 Å². The van der Waals surface area contributed by atoms with E-state index in [9.17, 15) is 4.79 Å². The summed E-state index contributed by atoms with van der Waals surface area (Å²) in [7, 11) is 0. The zero-order valence-corrected chi connectivity index (χ0v) is 12.7. The van der Waals surface area contributed by atoms with Crippen molar-refractivity contribution in [2.24, 2.45) is 0 Å². The number of carbonyl (C=O) groups excluding carboxylic acids is 1. The topological polar surface area (TPSA) is 41.6 Å². The zero-order valence-electron chi connectivity index (χ0n) is 12.7. The van der Waals surface area contributed by atoms with E-state index in [-0.39, 0.29) is 5.91 Å². The number of carbonyl (C=O) groups is 1. The third-order valence-electron chi connectivity index (χ3n) is 3.62. The van der Waals surface area contributed by atoms with Gasteiger partial charge < -0.3 is 15.0 Å². The molecule has 1 aromatic rings. The molecule has 0 saturated carbocycles. The van der Waals surface area contributed by atoms with E-state index >= 15 is 0 Å². The number of ether oxygens (including phenoxy) is 1. The van der Waals surface area contributed by atoms with Crippen molar-refractivity contribution in [1.82, 2.24) is 4.90 Å². The van der Waals surface area contributed by atoms with Crippen LogP contribution in [-0.4, -0.2) is 43.2 Å². The van der Waals surface area contributed by atoms with Crippen molar-refractivity contribution >= 4 is 11.6 Å². The van der Waals surface area contributed by atoms with Crippen molar-refractivity contribution in [3.63, 3.8) is 0 Å². The molecule has 1 atom stereocenters. The fourth-order valence-corrected chi connectivity index (χ4v) is 2.42. The lowest BCUT2D eigenvalue weighted by atomic mass is 10.1. The minimum atomic E-state index is 0.0840. The minimum Gasteiger partial charge on any atom is -0.383 e. The predicted octanol–water partition coefficient (Wildman–Crippen LogP) is 2.93. The van der Waals surface area contributed by atoms with Crippen LogP contribution >= 0.6 is 0 Å². The molecule has 1 heterocycles. The molecule has 0 aromatic heterocycles. The van der Waals surface area contributed by atoms with E-state index in [0.29, 0.717) is 32.3 Å². The number of allylic oxidation sites excluding steroid dienone is 1. The predicted molar refractivity (Wildman–Crippen MR) is 85.7 cm³/mol. The lowest BCUT2D eigenvalue weighted by Gasteiger charge is -2.27. The third kappa shape index (κ3) is 4.60. The monoisotopic (exact) mass is 288 g/mol. The summed E-state index contributed by atoms with van der Waals surface area (Å²) in [5.41, 5.74) is 1.73. The average molecular weight is 288 g/mol. The van der Waals surface area contributed by atoms with Crippen molar-refractivity contribution in [1.29, 1.82) is 0 Å². The Labute approximate surface area is 126 Å². The maximum absolute atomic E-state index is 12.4. The van der Waals surface area contributed by atoms with Crippen molar-refractivity contribution in [3.05, 3.63) is 42.5 Å². The van der Waals surface area contributed by atoms with E-state index in [1.807, 2.05) is 35.2 Å². The Morgan fingerprint density at radius 2 is 2.24 bits per heavy atom. The number of anilines is 1. The highest BCUT2D eigenvalue weighted by molar-refractivity contribution is 5.95. The highest BCUT2D eigenvalue weighted by atomic mass is 16.5. The number of rotatable bonds is 6. The fraction of sp³-hybridized carbons (Fsp3) is 0.471. The van der Waals surface area contributed by atoms with Gasteiger partial charge in [-0.1, -0.05) is 12.1 Å². The van der Waals surface area contributed by atoms with Gasteiger partial charge in [0, 0.05) is 30.4 Å². The minimum absolute atomic E-state index is 0.0840. The molecular formula is C17H24N2O2. The van der Waals surface area contributed by atoms with Gasteiger partial charge in [0.25, 0.3) is 5.91 Å². The molecule has 1 unspecified atom stereocenters. The molecular weight excluding hydrogens is 264 g/mol. The van der Waals surface area contributed by atoms with Gasteiger partial charge in [0.1, 0.15) is 0 Å². The van der Waals surface area contributed by atoms with E-state index < -0.39 is 0 Å². The van der Waals surface area contributed by atoms with Crippen LogP contribution in [0.15, 0.2) is 36.9 Å². The Balaban J connectivity index is 1.99. The highest BCUT2D eigenvalue weighted by Gasteiger charge is 2.18. The van der Waals surface area contributed by atoms with Gasteiger partial charge in [-0.25, -0.2) is 0 Å². The molecule has 1 saturated heterocycles. The Hall–Kier alpha value is -1.81. The number of hydrogen-bond acceptors (Lipinski definition) is 3. The first-order valence-corrected chi connectivity index (χ1v) is 7.55. The first kappa shape index (κ1) is 15.6. The Morgan fingerprint density at radius 3 is 2.95 bits per heavy atom. The van der Waals surface area contributed by atoms with Crippen LogP contribution in [-0.2, 0) is 4.74 Å². The first-order valence-electron chi connectivity index (χ1n) is 7.55. The van der Waals surface area contributed by atoms with E-state index in [2.05, 4.69) is 18.8 Å². The van der Waals surface area contributed by atoms with Gasteiger partial charge in [0.15, 0.2) is 0 Å². The standard InChI is InChI=1S/C17H24N2O2/c1-3-4-6-14(2)18-16-8-5-7-15(13-16)17(20)19-9-11-21-12-10-19/h3,5,7-8,13-14,18H,1,4,6,9-12H2,2H3. The number of nitrogens with one attached hydrogen (secondary N) is 1. The number of benzene rings is 1. The largest absolute Gasteiger partial charge is 0.383 e. The van der Waals surface area contributed by atoms with Crippen molar-refractivity contribution in [2.75, 3.05) is 31.6 Å². The SMILES string of the molecule is C=CCCC(C)Nc1cccc(C(=O)N2CCOCC2)c1. The van der Waals surface area contributed by atoms with E-state index in [0.717, 1.165) is 24.1 Å². The van der Waals surface area contributed by atoms with E-state index in [1.54, 1.807) is 0 Å². The molecule has 21 heavy (non-hydrogen) atoms. The molecule has 1 aliphatic heterocycles. The number of amides is 1. The molecule has 0 aliphatic carbocycles. The van der Waals surface area contributed by atoms with Gasteiger partial charge in [0.2, 0.25) is 0 Å². The van der Waals surface area contributed by atoms with Crippen LogP contribution in [0.4, 0.5) is 5.69 Å².